The highest BCUT2D eigenvalue weighted by atomic mass is 32.2. The van der Waals surface area contributed by atoms with Gasteiger partial charge in [0.1, 0.15) is 11.6 Å². The van der Waals surface area contributed by atoms with Crippen molar-refractivity contribution in [1.29, 1.82) is 0 Å². The second-order valence-electron chi connectivity index (χ2n) is 7.93. The zero-order valence-electron chi connectivity index (χ0n) is 19.2. The fourth-order valence-corrected chi connectivity index (χ4v) is 5.20. The van der Waals surface area contributed by atoms with E-state index in [1.54, 1.807) is 33.7 Å². The molecular weight excluding hydrogens is 445 g/mol. The highest BCUT2D eigenvalue weighted by molar-refractivity contribution is 7.90. The molecule has 1 aromatic heterocycles. The quantitative estimate of drug-likeness (QED) is 0.464. The molecule has 176 valence electrons. The molecule has 0 aliphatic rings. The fraction of sp³-hybridized carbons (Fsp3) is 0.333. The Bertz CT molecular complexity index is 1220. The van der Waals surface area contributed by atoms with Crippen LogP contribution in [0.4, 0.5) is 4.39 Å². The monoisotopic (exact) mass is 473 g/mol. The van der Waals surface area contributed by atoms with Gasteiger partial charge in [-0.05, 0) is 56.7 Å². The highest BCUT2D eigenvalue weighted by Crippen LogP contribution is 2.24. The summed E-state index contributed by atoms with van der Waals surface area (Å²) in [4.78, 5) is 18.9. The van der Waals surface area contributed by atoms with Crippen molar-refractivity contribution >= 4 is 15.7 Å². The zero-order valence-corrected chi connectivity index (χ0v) is 20.0. The lowest BCUT2D eigenvalue weighted by atomic mass is 10.2. The molecule has 0 saturated carbocycles. The molecule has 0 unspecified atom stereocenters. The molecule has 0 aliphatic heterocycles. The molecule has 0 aliphatic carbocycles. The van der Waals surface area contributed by atoms with Crippen molar-refractivity contribution in [3.8, 4) is 5.75 Å². The summed E-state index contributed by atoms with van der Waals surface area (Å²) in [5.41, 5.74) is 1.57. The van der Waals surface area contributed by atoms with E-state index in [0.717, 1.165) is 0 Å². The summed E-state index contributed by atoms with van der Waals surface area (Å²) in [6.07, 6.45) is 1.50. The Kier molecular flexibility index (Phi) is 7.53. The normalized spacial score (nSPS) is 11.6. The molecule has 3 rings (SSSR count). The fourth-order valence-electron chi connectivity index (χ4n) is 3.60. The number of methoxy groups -OCH3 is 1. The average molecular weight is 474 g/mol. The summed E-state index contributed by atoms with van der Waals surface area (Å²) in [5.74, 6) is -0.333. The summed E-state index contributed by atoms with van der Waals surface area (Å²) in [5, 5.41) is -0.0679. The standard InChI is InChI=1S/C24H28FN3O4S/c1-5-27(23(29)19-7-6-8-22(13-19)32-4)15-21-14-26-24(28(21)17(2)3)33(30,31)16-18-9-11-20(25)12-10-18/h6-14,17H,5,15-16H2,1-4H3. The first kappa shape index (κ1) is 24.4. The minimum atomic E-state index is -3.80. The van der Waals surface area contributed by atoms with Gasteiger partial charge in [-0.15, -0.1) is 0 Å². The third-order valence-corrected chi connectivity index (χ3v) is 6.81. The first-order valence-corrected chi connectivity index (χ1v) is 12.3. The van der Waals surface area contributed by atoms with Crippen LogP contribution in [0.5, 0.6) is 5.75 Å². The van der Waals surface area contributed by atoms with Gasteiger partial charge >= 0.3 is 0 Å². The van der Waals surface area contributed by atoms with Gasteiger partial charge in [0.05, 0.1) is 31.3 Å². The molecule has 0 fully saturated rings. The summed E-state index contributed by atoms with van der Waals surface area (Å²) in [7, 11) is -2.26. The van der Waals surface area contributed by atoms with Crippen LogP contribution in [0.15, 0.2) is 59.9 Å². The number of ether oxygens (including phenoxy) is 1. The van der Waals surface area contributed by atoms with Gasteiger partial charge in [-0.1, -0.05) is 18.2 Å². The van der Waals surface area contributed by atoms with E-state index in [-0.39, 0.29) is 29.4 Å². The molecule has 7 nitrogen and oxygen atoms in total. The Morgan fingerprint density at radius 3 is 2.48 bits per heavy atom. The van der Waals surface area contributed by atoms with Crippen molar-refractivity contribution < 1.29 is 22.3 Å². The van der Waals surface area contributed by atoms with E-state index in [0.29, 0.717) is 29.1 Å². The number of aromatic nitrogens is 2. The topological polar surface area (TPSA) is 81.5 Å². The van der Waals surface area contributed by atoms with E-state index in [9.17, 15) is 17.6 Å². The minimum absolute atomic E-state index is 0.0679. The SMILES string of the molecule is CCN(Cc1cnc(S(=O)(=O)Cc2ccc(F)cc2)n1C(C)C)C(=O)c1cccc(OC)c1. The average Bonchev–Trinajstić information content (AvgIpc) is 3.23. The molecule has 1 heterocycles. The molecule has 0 bridgehead atoms. The predicted octanol–water partition coefficient (Wildman–Crippen LogP) is 4.25. The number of imidazole rings is 1. The number of halogens is 1. The maximum Gasteiger partial charge on any atom is 0.254 e. The van der Waals surface area contributed by atoms with Crippen LogP contribution in [0.25, 0.3) is 0 Å². The second-order valence-corrected chi connectivity index (χ2v) is 9.82. The third kappa shape index (κ3) is 5.60. The van der Waals surface area contributed by atoms with E-state index >= 15 is 0 Å². The number of hydrogen-bond donors (Lipinski definition) is 0. The van der Waals surface area contributed by atoms with Crippen LogP contribution < -0.4 is 4.74 Å². The van der Waals surface area contributed by atoms with Crippen molar-refractivity contribution in [2.75, 3.05) is 13.7 Å². The van der Waals surface area contributed by atoms with E-state index in [1.807, 2.05) is 20.8 Å². The van der Waals surface area contributed by atoms with Gasteiger partial charge < -0.3 is 14.2 Å². The Labute approximate surface area is 193 Å². The van der Waals surface area contributed by atoms with Crippen molar-refractivity contribution in [1.82, 2.24) is 14.5 Å². The van der Waals surface area contributed by atoms with Crippen LogP contribution in [0.1, 0.15) is 48.4 Å². The Hall–Kier alpha value is -3.20. The number of rotatable bonds is 9. The van der Waals surface area contributed by atoms with Crippen molar-refractivity contribution in [2.45, 2.75) is 44.3 Å². The summed E-state index contributed by atoms with van der Waals surface area (Å²) >= 11 is 0. The van der Waals surface area contributed by atoms with E-state index in [4.69, 9.17) is 4.74 Å². The minimum Gasteiger partial charge on any atom is -0.497 e. The third-order valence-electron chi connectivity index (χ3n) is 5.24. The van der Waals surface area contributed by atoms with Gasteiger partial charge in [-0.3, -0.25) is 4.79 Å². The summed E-state index contributed by atoms with van der Waals surface area (Å²) < 4.78 is 46.3. The lowest BCUT2D eigenvalue weighted by molar-refractivity contribution is 0.0747. The van der Waals surface area contributed by atoms with Crippen LogP contribution in [0.3, 0.4) is 0 Å². The number of hydrogen-bond acceptors (Lipinski definition) is 5. The molecule has 0 N–H and O–H groups in total. The van der Waals surface area contributed by atoms with Crippen LogP contribution in [0, 0.1) is 5.82 Å². The zero-order chi connectivity index (χ0) is 24.2. The molecule has 0 radical (unpaired) electrons. The van der Waals surface area contributed by atoms with Crippen LogP contribution >= 0.6 is 0 Å². The Morgan fingerprint density at radius 2 is 1.88 bits per heavy atom. The number of sulfone groups is 1. The predicted molar refractivity (Wildman–Crippen MR) is 123 cm³/mol. The number of nitrogens with zero attached hydrogens (tertiary/aromatic N) is 3. The Morgan fingerprint density at radius 1 is 1.18 bits per heavy atom. The van der Waals surface area contributed by atoms with Crippen LogP contribution in [0.2, 0.25) is 0 Å². The van der Waals surface area contributed by atoms with Crippen molar-refractivity contribution in [2.24, 2.45) is 0 Å². The van der Waals surface area contributed by atoms with Gasteiger partial charge in [-0.2, -0.15) is 0 Å². The van der Waals surface area contributed by atoms with Gasteiger partial charge in [0.25, 0.3) is 5.91 Å². The van der Waals surface area contributed by atoms with Gasteiger partial charge in [0.2, 0.25) is 15.0 Å². The molecule has 3 aromatic rings. The number of carbonyl (C=O) groups excluding carboxylic acids is 1. The first-order valence-electron chi connectivity index (χ1n) is 10.6. The summed E-state index contributed by atoms with van der Waals surface area (Å²) in [6.45, 7) is 6.21. The smallest absolute Gasteiger partial charge is 0.254 e. The first-order chi connectivity index (χ1) is 15.7. The number of benzene rings is 2. The Balaban J connectivity index is 1.90. The molecule has 2 aromatic carbocycles. The molecular formula is C24H28FN3O4S. The van der Waals surface area contributed by atoms with E-state index in [2.05, 4.69) is 4.98 Å². The largest absolute Gasteiger partial charge is 0.497 e. The maximum absolute atomic E-state index is 13.2. The van der Waals surface area contributed by atoms with Gasteiger partial charge in [0, 0.05) is 18.2 Å². The molecule has 33 heavy (non-hydrogen) atoms. The van der Waals surface area contributed by atoms with Crippen molar-refractivity contribution in [3.63, 3.8) is 0 Å². The lowest BCUT2D eigenvalue weighted by Gasteiger charge is -2.23. The van der Waals surface area contributed by atoms with E-state index in [1.165, 1.54) is 37.6 Å². The second kappa shape index (κ2) is 10.2. The van der Waals surface area contributed by atoms with Crippen LogP contribution in [-0.2, 0) is 22.1 Å². The van der Waals surface area contributed by atoms with E-state index < -0.39 is 15.7 Å². The molecule has 0 spiro atoms. The molecule has 1 amide bonds. The number of carbonyl (C=O) groups is 1. The molecule has 9 heteroatoms. The van der Waals surface area contributed by atoms with Crippen LogP contribution in [-0.4, -0.2) is 42.4 Å². The molecule has 0 atom stereocenters. The van der Waals surface area contributed by atoms with Gasteiger partial charge in [-0.25, -0.2) is 17.8 Å². The van der Waals surface area contributed by atoms with Gasteiger partial charge in [0.15, 0.2) is 0 Å². The highest BCUT2D eigenvalue weighted by Gasteiger charge is 2.27. The number of amides is 1. The summed E-state index contributed by atoms with van der Waals surface area (Å²) in [6, 6.07) is 12.0. The maximum atomic E-state index is 13.2. The lowest BCUT2D eigenvalue weighted by Crippen LogP contribution is -2.31. The van der Waals surface area contributed by atoms with Crippen molar-refractivity contribution in [3.05, 3.63) is 77.4 Å². The molecule has 0 saturated heterocycles.